The average molecular weight is 322 g/mol. The van der Waals surface area contributed by atoms with Crippen molar-refractivity contribution in [3.8, 4) is 0 Å². The summed E-state index contributed by atoms with van der Waals surface area (Å²) in [4.78, 5) is 39.1. The Kier molecular flexibility index (Phi) is 3.36. The van der Waals surface area contributed by atoms with E-state index in [1.54, 1.807) is 0 Å². The number of fused-ring (bicyclic) bond motifs is 1. The molecule has 0 bridgehead atoms. The van der Waals surface area contributed by atoms with Crippen molar-refractivity contribution in [2.24, 2.45) is 0 Å². The molecule has 0 saturated heterocycles. The third-order valence-corrected chi connectivity index (χ3v) is 3.43. The summed E-state index contributed by atoms with van der Waals surface area (Å²) in [7, 11) is 0. The molecule has 1 aromatic carbocycles. The molecule has 23 heavy (non-hydrogen) atoms. The van der Waals surface area contributed by atoms with Crippen LogP contribution in [0.15, 0.2) is 30.6 Å². The maximum atomic E-state index is 12.8. The van der Waals surface area contributed by atoms with E-state index in [1.807, 2.05) is 0 Å². The standard InChI is InChI=1S/C13H8F2N4O4/c14-13(15)17-5-4-16-9(17)6-18-11(20)7-2-1-3-8(19(22)23)10(7)12(18)21/h1-5,13H,6H2. The highest BCUT2D eigenvalue weighted by Crippen LogP contribution is 2.31. The zero-order chi connectivity index (χ0) is 16.7. The summed E-state index contributed by atoms with van der Waals surface area (Å²) in [5, 5.41) is 11.0. The molecular weight excluding hydrogens is 314 g/mol. The van der Waals surface area contributed by atoms with Crippen molar-refractivity contribution in [1.29, 1.82) is 0 Å². The Balaban J connectivity index is 1.99. The molecule has 0 spiro atoms. The number of carbonyl (C=O) groups is 2. The van der Waals surface area contributed by atoms with E-state index in [1.165, 1.54) is 12.1 Å². The number of nitro benzene ring substituents is 1. The highest BCUT2D eigenvalue weighted by atomic mass is 19.3. The van der Waals surface area contributed by atoms with E-state index in [0.29, 0.717) is 9.47 Å². The van der Waals surface area contributed by atoms with Crippen LogP contribution in [0.1, 0.15) is 33.1 Å². The van der Waals surface area contributed by atoms with Crippen LogP contribution in [0.4, 0.5) is 14.5 Å². The maximum Gasteiger partial charge on any atom is 0.319 e. The zero-order valence-corrected chi connectivity index (χ0v) is 11.3. The Hall–Kier alpha value is -3.17. The van der Waals surface area contributed by atoms with Gasteiger partial charge in [0.25, 0.3) is 17.5 Å². The largest absolute Gasteiger partial charge is 0.319 e. The number of halogens is 2. The predicted molar refractivity (Wildman–Crippen MR) is 70.8 cm³/mol. The minimum Gasteiger partial charge on any atom is -0.276 e. The number of amides is 2. The highest BCUT2D eigenvalue weighted by molar-refractivity contribution is 6.23. The van der Waals surface area contributed by atoms with Crippen LogP contribution in [0.3, 0.4) is 0 Å². The van der Waals surface area contributed by atoms with Gasteiger partial charge in [-0.15, -0.1) is 0 Å². The molecule has 1 aliphatic heterocycles. The van der Waals surface area contributed by atoms with Crippen molar-refractivity contribution in [1.82, 2.24) is 14.5 Å². The van der Waals surface area contributed by atoms with E-state index in [9.17, 15) is 28.5 Å². The van der Waals surface area contributed by atoms with Crippen molar-refractivity contribution in [3.63, 3.8) is 0 Å². The van der Waals surface area contributed by atoms with Crippen LogP contribution < -0.4 is 0 Å². The highest BCUT2D eigenvalue weighted by Gasteiger charge is 2.41. The molecule has 2 aromatic rings. The molecule has 0 aliphatic carbocycles. The minimum absolute atomic E-state index is 0.126. The van der Waals surface area contributed by atoms with Crippen molar-refractivity contribution < 1.29 is 23.3 Å². The lowest BCUT2D eigenvalue weighted by Gasteiger charge is -2.14. The van der Waals surface area contributed by atoms with Crippen LogP contribution in [0.25, 0.3) is 0 Å². The monoisotopic (exact) mass is 322 g/mol. The normalized spacial score (nSPS) is 13.8. The molecule has 118 valence electrons. The average Bonchev–Trinajstić information content (AvgIpc) is 3.06. The summed E-state index contributed by atoms with van der Waals surface area (Å²) in [6.07, 6.45) is 2.13. The van der Waals surface area contributed by atoms with Gasteiger partial charge in [-0.05, 0) is 6.07 Å². The van der Waals surface area contributed by atoms with Gasteiger partial charge in [0.2, 0.25) is 0 Å². The van der Waals surface area contributed by atoms with Crippen LogP contribution in [0.5, 0.6) is 0 Å². The van der Waals surface area contributed by atoms with E-state index in [4.69, 9.17) is 0 Å². The lowest BCUT2D eigenvalue weighted by molar-refractivity contribution is -0.385. The van der Waals surface area contributed by atoms with E-state index in [0.717, 1.165) is 18.5 Å². The number of imidazole rings is 1. The van der Waals surface area contributed by atoms with E-state index < -0.39 is 35.5 Å². The van der Waals surface area contributed by atoms with Gasteiger partial charge < -0.3 is 0 Å². The number of nitrogens with zero attached hydrogens (tertiary/aromatic N) is 4. The zero-order valence-electron chi connectivity index (χ0n) is 11.3. The maximum absolute atomic E-state index is 12.8. The van der Waals surface area contributed by atoms with Crippen molar-refractivity contribution in [3.05, 3.63) is 57.7 Å². The molecule has 2 amide bonds. The molecule has 2 heterocycles. The summed E-state index contributed by atoms with van der Waals surface area (Å²) in [5.41, 5.74) is -0.961. The Morgan fingerprint density at radius 1 is 1.26 bits per heavy atom. The van der Waals surface area contributed by atoms with Gasteiger partial charge in [0, 0.05) is 18.5 Å². The summed E-state index contributed by atoms with van der Waals surface area (Å²) >= 11 is 0. The third-order valence-electron chi connectivity index (χ3n) is 3.43. The van der Waals surface area contributed by atoms with Crippen molar-refractivity contribution in [2.75, 3.05) is 0 Å². The first-order valence-corrected chi connectivity index (χ1v) is 6.35. The van der Waals surface area contributed by atoms with Crippen molar-refractivity contribution >= 4 is 17.5 Å². The second-order valence-corrected chi connectivity index (χ2v) is 4.68. The summed E-state index contributed by atoms with van der Waals surface area (Å²) in [6.45, 7) is -3.38. The molecule has 10 heteroatoms. The number of hydrogen-bond donors (Lipinski definition) is 0. The van der Waals surface area contributed by atoms with E-state index >= 15 is 0 Å². The molecule has 0 atom stereocenters. The van der Waals surface area contributed by atoms with Gasteiger partial charge in [-0.25, -0.2) is 4.98 Å². The van der Waals surface area contributed by atoms with E-state index in [-0.39, 0.29) is 17.0 Å². The fourth-order valence-corrected chi connectivity index (χ4v) is 2.40. The SMILES string of the molecule is O=C1c2cccc([N+](=O)[O-])c2C(=O)N1Cc1nccn1C(F)F. The Bertz CT molecular complexity index is 833. The molecule has 0 saturated carbocycles. The first-order chi connectivity index (χ1) is 10.9. The number of nitro groups is 1. The number of imide groups is 1. The van der Waals surface area contributed by atoms with Gasteiger partial charge in [0.05, 0.1) is 17.0 Å². The molecular formula is C13H8F2N4O4. The Labute approximate surface area is 127 Å². The molecule has 0 unspecified atom stereocenters. The molecule has 0 radical (unpaired) electrons. The van der Waals surface area contributed by atoms with Crippen molar-refractivity contribution in [2.45, 2.75) is 13.1 Å². The lowest BCUT2D eigenvalue weighted by Crippen LogP contribution is -2.30. The van der Waals surface area contributed by atoms with Gasteiger partial charge >= 0.3 is 6.55 Å². The Morgan fingerprint density at radius 3 is 2.65 bits per heavy atom. The van der Waals surface area contributed by atoms with Crippen LogP contribution in [0, 0.1) is 10.1 Å². The predicted octanol–water partition coefficient (Wildman–Crippen LogP) is 1.98. The van der Waals surface area contributed by atoms with Gasteiger partial charge in [-0.3, -0.25) is 29.2 Å². The molecule has 3 rings (SSSR count). The van der Waals surface area contributed by atoms with Crippen LogP contribution in [-0.2, 0) is 6.54 Å². The minimum atomic E-state index is -2.88. The van der Waals surface area contributed by atoms with Crippen LogP contribution >= 0.6 is 0 Å². The topological polar surface area (TPSA) is 98.3 Å². The smallest absolute Gasteiger partial charge is 0.276 e. The molecule has 1 aromatic heterocycles. The summed E-state index contributed by atoms with van der Waals surface area (Å²) in [5.74, 6) is -1.88. The van der Waals surface area contributed by atoms with Crippen LogP contribution in [-0.4, -0.2) is 31.2 Å². The summed E-state index contributed by atoms with van der Waals surface area (Å²) in [6, 6.07) is 3.67. The first kappa shape index (κ1) is 14.8. The van der Waals surface area contributed by atoms with Gasteiger partial charge in [0.1, 0.15) is 11.4 Å². The van der Waals surface area contributed by atoms with Crippen LogP contribution in [0.2, 0.25) is 0 Å². The molecule has 0 N–H and O–H groups in total. The second kappa shape index (κ2) is 5.23. The molecule has 0 fully saturated rings. The molecule has 1 aliphatic rings. The quantitative estimate of drug-likeness (QED) is 0.487. The van der Waals surface area contributed by atoms with Gasteiger partial charge in [-0.1, -0.05) is 6.07 Å². The number of aromatic nitrogens is 2. The van der Waals surface area contributed by atoms with E-state index in [2.05, 4.69) is 4.98 Å². The summed E-state index contributed by atoms with van der Waals surface area (Å²) < 4.78 is 26.1. The number of rotatable bonds is 4. The number of benzene rings is 1. The fourth-order valence-electron chi connectivity index (χ4n) is 2.40. The third kappa shape index (κ3) is 2.24. The fraction of sp³-hybridized carbons (Fsp3) is 0.154. The second-order valence-electron chi connectivity index (χ2n) is 4.68. The first-order valence-electron chi connectivity index (χ1n) is 6.35. The molecule has 8 nitrogen and oxygen atoms in total. The lowest BCUT2D eigenvalue weighted by atomic mass is 10.1. The number of hydrogen-bond acceptors (Lipinski definition) is 5. The number of alkyl halides is 2. The Morgan fingerprint density at radius 2 is 2.00 bits per heavy atom. The van der Waals surface area contributed by atoms with Gasteiger partial charge in [-0.2, -0.15) is 8.78 Å². The number of carbonyl (C=O) groups excluding carboxylic acids is 2. The van der Waals surface area contributed by atoms with Gasteiger partial charge in [0.15, 0.2) is 0 Å².